The molecule has 0 aromatic heterocycles. The van der Waals surface area contributed by atoms with Gasteiger partial charge >= 0.3 is 0 Å². The lowest BCUT2D eigenvalue weighted by Crippen LogP contribution is -2.09. The molecule has 0 aliphatic carbocycles. The Morgan fingerprint density at radius 2 is 0.443 bits per heavy atom. The van der Waals surface area contributed by atoms with E-state index in [0.717, 1.165) is 56.4 Å². The van der Waals surface area contributed by atoms with E-state index >= 15 is 0 Å². The molecule has 15 aromatic carbocycles. The molecule has 15 aromatic rings. The highest BCUT2D eigenvalue weighted by Crippen LogP contribution is 2.47. The Balaban J connectivity index is 0.856. The van der Waals surface area contributed by atoms with Gasteiger partial charge in [0.05, 0.1) is 0 Å². The molecule has 0 bridgehead atoms. The molecule has 0 atom stereocenters. The maximum Gasteiger partial charge on any atom is 0.0462 e. The van der Waals surface area contributed by atoms with Gasteiger partial charge < -0.3 is 9.80 Å². The van der Waals surface area contributed by atoms with E-state index in [0.29, 0.717) is 0 Å². The van der Waals surface area contributed by atoms with Crippen LogP contribution in [0.1, 0.15) is 22.3 Å². The van der Waals surface area contributed by atoms with Crippen LogP contribution in [-0.2, 0) is 0 Å². The lowest BCUT2D eigenvalue weighted by atomic mass is 9.83. The number of rotatable bonds is 14. The molecule has 0 saturated carbocycles. The highest BCUT2D eigenvalue weighted by molar-refractivity contribution is 6.22. The van der Waals surface area contributed by atoms with E-state index in [9.17, 15) is 0 Å². The van der Waals surface area contributed by atoms with Crippen LogP contribution in [0.2, 0.25) is 0 Å². The van der Waals surface area contributed by atoms with Crippen molar-refractivity contribution in [1.29, 1.82) is 0 Å². The summed E-state index contributed by atoms with van der Waals surface area (Å²) in [5.74, 6) is 0. The summed E-state index contributed by atoms with van der Waals surface area (Å²) in [5, 5.41) is 9.73. The number of nitrogens with zero attached hydrogens (tertiary/aromatic N) is 2. The van der Waals surface area contributed by atoms with Crippen LogP contribution in [0.4, 0.5) is 34.1 Å². The molecule has 0 aliphatic heterocycles. The molecular formula is C86H60N2. The van der Waals surface area contributed by atoms with E-state index in [1.54, 1.807) is 0 Å². The van der Waals surface area contributed by atoms with Crippen molar-refractivity contribution >= 4 is 102 Å². The number of para-hydroxylation sites is 4. The van der Waals surface area contributed by atoms with Crippen molar-refractivity contribution in [2.75, 3.05) is 9.80 Å². The van der Waals surface area contributed by atoms with Crippen LogP contribution in [0.25, 0.3) is 112 Å². The predicted octanol–water partition coefficient (Wildman–Crippen LogP) is 24.2. The van der Waals surface area contributed by atoms with Crippen LogP contribution in [-0.4, -0.2) is 0 Å². The highest BCUT2D eigenvalue weighted by Gasteiger charge is 2.20. The number of hydrogen-bond acceptors (Lipinski definition) is 2. The summed E-state index contributed by atoms with van der Waals surface area (Å²) >= 11 is 0. The predicted molar refractivity (Wildman–Crippen MR) is 378 cm³/mol. The van der Waals surface area contributed by atoms with Crippen molar-refractivity contribution in [2.45, 2.75) is 0 Å². The molecule has 0 radical (unpaired) electrons. The fourth-order valence-corrected chi connectivity index (χ4v) is 12.5. The molecule has 414 valence electrons. The Kier molecular flexibility index (Phi) is 14.4. The molecule has 88 heavy (non-hydrogen) atoms. The molecule has 2 nitrogen and oxygen atoms in total. The standard InChI is InChI=1S/C86H60N2/c1-5-21-75(22-6-1)87(76-23-7-2-8-24-76)79-51-33-61(34-52-79)29-31-63-37-55-81-83(57-63)84-58-64(32-30-62-35-53-80(54-36-62)88(77-25-9-3-10-26-77)78-27-11-4-12-28-78)38-56-82(84)86(70-47-41-68(42-48-70)74-50-44-66-18-14-16-20-72(66)60-74)85(81)69-45-39-67(40-46-69)73-49-43-65-17-13-15-19-71(65)59-73/h1-60H/b31-29+,32-30+. The van der Waals surface area contributed by atoms with Crippen molar-refractivity contribution < 1.29 is 0 Å². The van der Waals surface area contributed by atoms with Crippen LogP contribution in [0, 0.1) is 0 Å². The summed E-state index contributed by atoms with van der Waals surface area (Å²) in [5.41, 5.74) is 20.7. The maximum absolute atomic E-state index is 2.39. The van der Waals surface area contributed by atoms with Gasteiger partial charge in [-0.3, -0.25) is 0 Å². The van der Waals surface area contributed by atoms with Crippen molar-refractivity contribution in [2.24, 2.45) is 0 Å². The quantitative estimate of drug-likeness (QED) is 0.0791. The summed E-state index contributed by atoms with van der Waals surface area (Å²) < 4.78 is 0. The zero-order valence-electron chi connectivity index (χ0n) is 48.5. The van der Waals surface area contributed by atoms with Gasteiger partial charge in [-0.1, -0.05) is 267 Å². The minimum Gasteiger partial charge on any atom is -0.311 e. The van der Waals surface area contributed by atoms with Crippen LogP contribution in [0.15, 0.2) is 340 Å². The molecule has 0 heterocycles. The van der Waals surface area contributed by atoms with Gasteiger partial charge in [-0.15, -0.1) is 0 Å². The van der Waals surface area contributed by atoms with E-state index in [-0.39, 0.29) is 0 Å². The van der Waals surface area contributed by atoms with E-state index < -0.39 is 0 Å². The molecule has 2 heteroatoms. The van der Waals surface area contributed by atoms with Gasteiger partial charge in [-0.2, -0.15) is 0 Å². The van der Waals surface area contributed by atoms with Crippen LogP contribution < -0.4 is 9.80 Å². The molecule has 15 rings (SSSR count). The Morgan fingerprint density at radius 1 is 0.170 bits per heavy atom. The third-order valence-corrected chi connectivity index (χ3v) is 17.0. The first-order chi connectivity index (χ1) is 43.6. The van der Waals surface area contributed by atoms with Gasteiger partial charge in [0, 0.05) is 34.1 Å². The number of fused-ring (bicyclic) bond motifs is 5. The van der Waals surface area contributed by atoms with Crippen molar-refractivity contribution in [3.8, 4) is 44.5 Å². The number of hydrogen-bond donors (Lipinski definition) is 0. The van der Waals surface area contributed by atoms with Gasteiger partial charge in [-0.25, -0.2) is 0 Å². The first-order valence-electron chi connectivity index (χ1n) is 30.2. The molecule has 0 unspecified atom stereocenters. The molecule has 0 spiro atoms. The van der Waals surface area contributed by atoms with Crippen molar-refractivity contribution in [3.63, 3.8) is 0 Å². The van der Waals surface area contributed by atoms with Crippen molar-refractivity contribution in [1.82, 2.24) is 0 Å². The van der Waals surface area contributed by atoms with Gasteiger partial charge in [0.1, 0.15) is 0 Å². The smallest absolute Gasteiger partial charge is 0.0462 e. The molecular weight excluding hydrogens is 1060 g/mol. The third-order valence-electron chi connectivity index (χ3n) is 17.0. The Morgan fingerprint density at radius 3 is 0.795 bits per heavy atom. The Labute approximate surface area is 514 Å². The third kappa shape index (κ3) is 10.8. The first-order valence-corrected chi connectivity index (χ1v) is 30.2. The molecule has 0 N–H and O–H groups in total. The average molecular weight is 1120 g/mol. The average Bonchev–Trinajstić information content (AvgIpc) is 1.01. The molecule has 0 aliphatic rings. The second kappa shape index (κ2) is 23.8. The summed E-state index contributed by atoms with van der Waals surface area (Å²) in [4.78, 5) is 4.60. The lowest BCUT2D eigenvalue weighted by molar-refractivity contribution is 1.28. The second-order valence-electron chi connectivity index (χ2n) is 22.5. The van der Waals surface area contributed by atoms with Gasteiger partial charge in [0.25, 0.3) is 0 Å². The zero-order valence-corrected chi connectivity index (χ0v) is 48.5. The monoisotopic (exact) mass is 1120 g/mol. The Bertz CT molecular complexity index is 4610. The largest absolute Gasteiger partial charge is 0.311 e. The normalized spacial score (nSPS) is 11.5. The maximum atomic E-state index is 2.39. The minimum atomic E-state index is 1.10. The zero-order chi connectivity index (χ0) is 58.6. The summed E-state index contributed by atoms with van der Waals surface area (Å²) in [6.07, 6.45) is 8.99. The number of benzene rings is 15. The lowest BCUT2D eigenvalue weighted by Gasteiger charge is -2.25. The van der Waals surface area contributed by atoms with Gasteiger partial charge in [0.15, 0.2) is 0 Å². The van der Waals surface area contributed by atoms with Crippen LogP contribution in [0.5, 0.6) is 0 Å². The molecule has 0 fully saturated rings. The SMILES string of the molecule is C(=C\c1ccc2c(-c3ccc(-c4ccc5ccccc5c4)cc3)c(-c3ccc(-c4ccc5ccccc5c4)cc3)c3ccc(/C=C/c4ccc(N(c5ccccc5)c5ccccc5)cc4)cc3c2c1)/c1ccc(N(c2ccccc2)c2ccccc2)cc1. The van der Waals surface area contributed by atoms with Crippen molar-refractivity contribution in [3.05, 3.63) is 362 Å². The van der Waals surface area contributed by atoms with Gasteiger partial charge in [-0.05, 0) is 207 Å². The number of anilines is 6. The fourth-order valence-electron chi connectivity index (χ4n) is 12.5. The van der Waals surface area contributed by atoms with E-state index in [1.165, 1.54) is 87.6 Å². The van der Waals surface area contributed by atoms with Crippen LogP contribution in [0.3, 0.4) is 0 Å². The highest BCUT2D eigenvalue weighted by atomic mass is 15.1. The molecule has 0 saturated heterocycles. The fraction of sp³-hybridized carbons (Fsp3) is 0. The summed E-state index contributed by atoms with van der Waals surface area (Å²) in [6, 6.07) is 123. The molecule has 0 amide bonds. The van der Waals surface area contributed by atoms with E-state index in [4.69, 9.17) is 0 Å². The second-order valence-corrected chi connectivity index (χ2v) is 22.5. The van der Waals surface area contributed by atoms with Crippen LogP contribution >= 0.6 is 0 Å². The minimum absolute atomic E-state index is 1.10. The topological polar surface area (TPSA) is 6.48 Å². The van der Waals surface area contributed by atoms with Gasteiger partial charge in [0.2, 0.25) is 0 Å². The van der Waals surface area contributed by atoms with E-state index in [1.807, 2.05) is 0 Å². The first kappa shape index (κ1) is 53.2. The summed E-state index contributed by atoms with van der Waals surface area (Å²) in [7, 11) is 0. The Hall–Kier alpha value is -11.6. The van der Waals surface area contributed by atoms with E-state index in [2.05, 4.69) is 374 Å². The summed E-state index contributed by atoms with van der Waals surface area (Å²) in [6.45, 7) is 0.